The van der Waals surface area contributed by atoms with Gasteiger partial charge >= 0.3 is 6.18 Å². The molecule has 0 atom stereocenters. The predicted molar refractivity (Wildman–Crippen MR) is 76.1 cm³/mol. The molecule has 1 aromatic heterocycles. The Balaban J connectivity index is 2.04. The Kier molecular flexibility index (Phi) is 5.30. The topological polar surface area (TPSA) is 29.9 Å². The molecule has 1 fully saturated rings. The van der Waals surface area contributed by atoms with Crippen LogP contribution in [-0.2, 0) is 25.9 Å². The number of halogens is 3. The van der Waals surface area contributed by atoms with Crippen LogP contribution in [0.25, 0.3) is 0 Å². The van der Waals surface area contributed by atoms with Gasteiger partial charge in [-0.1, -0.05) is 13.8 Å². The highest BCUT2D eigenvalue weighted by molar-refractivity contribution is 5.27. The average molecular weight is 303 g/mol. The van der Waals surface area contributed by atoms with Crippen LogP contribution in [-0.4, -0.2) is 22.0 Å². The third-order valence-electron chi connectivity index (χ3n) is 3.89. The van der Waals surface area contributed by atoms with Crippen LogP contribution in [0.4, 0.5) is 13.2 Å². The minimum Gasteiger partial charge on any atom is -0.310 e. The average Bonchev–Trinajstić information content (AvgIpc) is 3.17. The molecule has 3 nitrogen and oxygen atoms in total. The number of nitrogens with zero attached hydrogens (tertiary/aromatic N) is 2. The van der Waals surface area contributed by atoms with Crippen molar-refractivity contribution >= 4 is 0 Å². The van der Waals surface area contributed by atoms with Crippen molar-refractivity contribution in [2.75, 3.05) is 0 Å². The van der Waals surface area contributed by atoms with Gasteiger partial charge in [0.25, 0.3) is 0 Å². The smallest absolute Gasteiger partial charge is 0.310 e. The lowest BCUT2D eigenvalue weighted by Crippen LogP contribution is -2.17. The standard InChI is InChI=1S/C15H24F3N3/c1-3-13-12(10-19-11-6-7-11)14(4-2)21(20-13)9-5-8-15(16,17)18/h11,19H,3-10H2,1-2H3. The van der Waals surface area contributed by atoms with Gasteiger partial charge in [0, 0.05) is 36.8 Å². The lowest BCUT2D eigenvalue weighted by atomic mass is 10.1. The van der Waals surface area contributed by atoms with E-state index in [4.69, 9.17) is 0 Å². The first kappa shape index (κ1) is 16.3. The molecule has 1 aliphatic rings. The fraction of sp³-hybridized carbons (Fsp3) is 0.800. The summed E-state index contributed by atoms with van der Waals surface area (Å²) >= 11 is 0. The van der Waals surface area contributed by atoms with E-state index < -0.39 is 12.6 Å². The summed E-state index contributed by atoms with van der Waals surface area (Å²) in [4.78, 5) is 0. The minimum absolute atomic E-state index is 0.0941. The van der Waals surface area contributed by atoms with Gasteiger partial charge < -0.3 is 5.32 Å². The quantitative estimate of drug-likeness (QED) is 0.795. The van der Waals surface area contributed by atoms with Crippen LogP contribution in [0.2, 0.25) is 0 Å². The summed E-state index contributed by atoms with van der Waals surface area (Å²) in [5.41, 5.74) is 3.30. The number of aromatic nitrogens is 2. The molecule has 0 saturated heterocycles. The van der Waals surface area contributed by atoms with Crippen molar-refractivity contribution < 1.29 is 13.2 Å². The van der Waals surface area contributed by atoms with Crippen molar-refractivity contribution in [3.8, 4) is 0 Å². The maximum absolute atomic E-state index is 12.3. The molecule has 0 aliphatic heterocycles. The highest BCUT2D eigenvalue weighted by atomic mass is 19.4. The van der Waals surface area contributed by atoms with Gasteiger partial charge in [-0.25, -0.2) is 0 Å². The SMILES string of the molecule is CCc1nn(CCCC(F)(F)F)c(CC)c1CNC1CC1. The third kappa shape index (κ3) is 4.73. The lowest BCUT2D eigenvalue weighted by molar-refractivity contribution is -0.136. The van der Waals surface area contributed by atoms with Crippen LogP contribution < -0.4 is 5.32 Å². The van der Waals surface area contributed by atoms with Crippen molar-refractivity contribution in [1.82, 2.24) is 15.1 Å². The van der Waals surface area contributed by atoms with Crippen molar-refractivity contribution in [3.63, 3.8) is 0 Å². The molecule has 1 N–H and O–H groups in total. The first-order valence-electron chi connectivity index (χ1n) is 7.82. The summed E-state index contributed by atoms with van der Waals surface area (Å²) in [7, 11) is 0. The molecule has 1 aliphatic carbocycles. The summed E-state index contributed by atoms with van der Waals surface area (Å²) in [5, 5.41) is 8.01. The number of alkyl halides is 3. The first-order valence-corrected chi connectivity index (χ1v) is 7.82. The van der Waals surface area contributed by atoms with Gasteiger partial charge in [0.05, 0.1) is 5.69 Å². The predicted octanol–water partition coefficient (Wildman–Crippen LogP) is 3.60. The van der Waals surface area contributed by atoms with Gasteiger partial charge in [-0.2, -0.15) is 18.3 Å². The van der Waals surface area contributed by atoms with Crippen LogP contribution in [0.5, 0.6) is 0 Å². The zero-order valence-corrected chi connectivity index (χ0v) is 12.8. The van der Waals surface area contributed by atoms with Crippen LogP contribution >= 0.6 is 0 Å². The highest BCUT2D eigenvalue weighted by Gasteiger charge is 2.27. The number of aryl methyl sites for hydroxylation is 2. The van der Waals surface area contributed by atoms with E-state index in [1.54, 1.807) is 4.68 Å². The van der Waals surface area contributed by atoms with Crippen molar-refractivity contribution in [3.05, 3.63) is 17.0 Å². The van der Waals surface area contributed by atoms with Gasteiger partial charge in [0.15, 0.2) is 0 Å². The zero-order chi connectivity index (χ0) is 15.5. The number of rotatable bonds is 8. The maximum atomic E-state index is 12.3. The Morgan fingerprint density at radius 3 is 2.48 bits per heavy atom. The van der Waals surface area contributed by atoms with Gasteiger partial charge in [-0.15, -0.1) is 0 Å². The molecule has 21 heavy (non-hydrogen) atoms. The van der Waals surface area contributed by atoms with E-state index in [-0.39, 0.29) is 6.42 Å². The van der Waals surface area contributed by atoms with Gasteiger partial charge in [0.2, 0.25) is 0 Å². The lowest BCUT2D eigenvalue weighted by Gasteiger charge is -2.10. The van der Waals surface area contributed by atoms with E-state index in [1.165, 1.54) is 18.4 Å². The molecule has 0 bridgehead atoms. The van der Waals surface area contributed by atoms with E-state index in [2.05, 4.69) is 10.4 Å². The summed E-state index contributed by atoms with van der Waals surface area (Å²) in [6, 6.07) is 0.619. The molecule has 1 aromatic rings. The highest BCUT2D eigenvalue weighted by Crippen LogP contribution is 2.24. The maximum Gasteiger partial charge on any atom is 0.389 e. The monoisotopic (exact) mass is 303 g/mol. The molecular formula is C15H24F3N3. The summed E-state index contributed by atoms with van der Waals surface area (Å²) < 4.78 is 38.6. The molecule has 2 rings (SSSR count). The van der Waals surface area contributed by atoms with Crippen LogP contribution in [0, 0.1) is 0 Å². The second-order valence-electron chi connectivity index (χ2n) is 5.68. The normalized spacial score (nSPS) is 15.7. The Hall–Kier alpha value is -1.04. The van der Waals surface area contributed by atoms with E-state index in [9.17, 15) is 13.2 Å². The summed E-state index contributed by atoms with van der Waals surface area (Å²) in [6.07, 6.45) is -0.652. The van der Waals surface area contributed by atoms with Crippen LogP contribution in [0.15, 0.2) is 0 Å². The molecular weight excluding hydrogens is 279 g/mol. The first-order chi connectivity index (χ1) is 9.94. The van der Waals surface area contributed by atoms with Gasteiger partial charge in [-0.05, 0) is 32.1 Å². The van der Waals surface area contributed by atoms with Gasteiger partial charge in [-0.3, -0.25) is 4.68 Å². The molecule has 0 spiro atoms. The zero-order valence-electron chi connectivity index (χ0n) is 12.8. The largest absolute Gasteiger partial charge is 0.389 e. The van der Waals surface area contributed by atoms with E-state index in [0.29, 0.717) is 12.6 Å². The van der Waals surface area contributed by atoms with Gasteiger partial charge in [0.1, 0.15) is 0 Å². The molecule has 0 radical (unpaired) electrons. The number of nitrogens with one attached hydrogen (secondary N) is 1. The van der Waals surface area contributed by atoms with E-state index in [1.807, 2.05) is 13.8 Å². The second kappa shape index (κ2) is 6.81. The Labute approximate surface area is 123 Å². The number of hydrogen-bond donors (Lipinski definition) is 1. The molecule has 0 amide bonds. The molecule has 1 heterocycles. The summed E-state index contributed by atoms with van der Waals surface area (Å²) in [6.45, 7) is 5.22. The van der Waals surface area contributed by atoms with Crippen molar-refractivity contribution in [1.29, 1.82) is 0 Å². The van der Waals surface area contributed by atoms with E-state index >= 15 is 0 Å². The fourth-order valence-electron chi connectivity index (χ4n) is 2.62. The Morgan fingerprint density at radius 1 is 1.24 bits per heavy atom. The molecule has 120 valence electrons. The Bertz CT molecular complexity index is 461. The van der Waals surface area contributed by atoms with E-state index in [0.717, 1.165) is 30.8 Å². The van der Waals surface area contributed by atoms with Crippen LogP contribution in [0.1, 0.15) is 56.5 Å². The number of hydrogen-bond acceptors (Lipinski definition) is 2. The second-order valence-corrected chi connectivity index (χ2v) is 5.68. The third-order valence-corrected chi connectivity index (χ3v) is 3.89. The summed E-state index contributed by atoms with van der Waals surface area (Å²) in [5.74, 6) is 0. The molecule has 1 saturated carbocycles. The molecule has 0 unspecified atom stereocenters. The fourth-order valence-corrected chi connectivity index (χ4v) is 2.62. The van der Waals surface area contributed by atoms with Crippen LogP contribution in [0.3, 0.4) is 0 Å². The Morgan fingerprint density at radius 2 is 1.95 bits per heavy atom. The molecule has 0 aromatic carbocycles. The van der Waals surface area contributed by atoms with Crippen molar-refractivity contribution in [2.45, 2.75) is 77.7 Å². The van der Waals surface area contributed by atoms with Crippen molar-refractivity contribution in [2.24, 2.45) is 0 Å². The minimum atomic E-state index is -4.08. The molecule has 6 heteroatoms.